The predicted molar refractivity (Wildman–Crippen MR) is 139 cm³/mol. The Morgan fingerprint density at radius 2 is 1.43 bits per heavy atom. The van der Waals surface area contributed by atoms with Crippen LogP contribution in [0.4, 0.5) is 21.0 Å². The Bertz CT molecular complexity index is 1250. The third-order valence-corrected chi connectivity index (χ3v) is 6.91. The molecule has 1 N–H and O–H groups in total. The minimum absolute atomic E-state index is 0.0340. The van der Waals surface area contributed by atoms with E-state index in [-0.39, 0.29) is 49.0 Å². The Labute approximate surface area is 229 Å². The molecule has 0 aromatic heterocycles. The van der Waals surface area contributed by atoms with E-state index in [0.29, 0.717) is 43.6 Å². The van der Waals surface area contributed by atoms with Gasteiger partial charge in [-0.15, -0.1) is 0 Å². The molecule has 0 radical (unpaired) electrons. The molecule has 0 bridgehead atoms. The largest absolute Gasteiger partial charge is 0.445 e. The number of likely N-dealkylation sites (tertiary alicyclic amines) is 2. The molecule has 2 aliphatic heterocycles. The van der Waals surface area contributed by atoms with Crippen molar-refractivity contribution in [1.82, 2.24) is 15.1 Å². The van der Waals surface area contributed by atoms with Crippen molar-refractivity contribution in [3.63, 3.8) is 0 Å². The maximum Gasteiger partial charge on any atom is 0.410 e. The van der Waals surface area contributed by atoms with E-state index >= 15 is 0 Å². The van der Waals surface area contributed by atoms with Gasteiger partial charge in [-0.3, -0.25) is 25.0 Å². The van der Waals surface area contributed by atoms with Crippen LogP contribution >= 0.6 is 0 Å². The SMILES string of the molecule is O=C(N[C@H]1CCN(C(=O)CC2CCCN2C(=O)OCc2ccc([N+](=O)[O-])cc2)C1)OCc1ccc([N+](=O)[O-])cc1. The van der Waals surface area contributed by atoms with E-state index in [9.17, 15) is 34.6 Å². The van der Waals surface area contributed by atoms with Crippen LogP contribution in [0.5, 0.6) is 0 Å². The van der Waals surface area contributed by atoms with Gasteiger partial charge in [-0.2, -0.15) is 0 Å². The molecule has 212 valence electrons. The maximum atomic E-state index is 13.0. The van der Waals surface area contributed by atoms with Gasteiger partial charge in [0.25, 0.3) is 11.4 Å². The number of nitro groups is 2. The second-order valence-electron chi connectivity index (χ2n) is 9.64. The molecule has 14 nitrogen and oxygen atoms in total. The van der Waals surface area contributed by atoms with Crippen LogP contribution in [0.2, 0.25) is 0 Å². The highest BCUT2D eigenvalue weighted by molar-refractivity contribution is 5.78. The number of benzene rings is 2. The first kappa shape index (κ1) is 28.3. The molecule has 1 unspecified atom stereocenters. The second-order valence-corrected chi connectivity index (χ2v) is 9.64. The summed E-state index contributed by atoms with van der Waals surface area (Å²) in [6.45, 7) is 1.18. The zero-order valence-electron chi connectivity index (χ0n) is 21.6. The number of hydrogen-bond donors (Lipinski definition) is 1. The highest BCUT2D eigenvalue weighted by atomic mass is 16.6. The number of carbonyl (C=O) groups is 3. The molecule has 14 heteroatoms. The molecule has 2 heterocycles. The van der Waals surface area contributed by atoms with Crippen LogP contribution in [-0.2, 0) is 27.5 Å². The number of nitrogens with zero attached hydrogens (tertiary/aromatic N) is 4. The summed E-state index contributed by atoms with van der Waals surface area (Å²) in [6, 6.07) is 10.9. The van der Waals surface area contributed by atoms with Crippen LogP contribution in [0.1, 0.15) is 36.8 Å². The average molecular weight is 556 g/mol. The van der Waals surface area contributed by atoms with E-state index < -0.39 is 22.0 Å². The standard InChI is InChI=1S/C26H29N5O9/c32-24(14-23-2-1-12-29(23)26(34)40-17-19-5-9-22(10-6-19)31(37)38)28-13-11-20(15-28)27-25(33)39-16-18-3-7-21(8-4-18)30(35)36/h3-10,20,23H,1-2,11-17H2,(H,27,33)/t20-,23?/m0/s1. The van der Waals surface area contributed by atoms with Crippen molar-refractivity contribution >= 4 is 29.5 Å². The smallest absolute Gasteiger partial charge is 0.410 e. The summed E-state index contributed by atoms with van der Waals surface area (Å²) in [5.41, 5.74) is 1.12. The fraction of sp³-hybridized carbons (Fsp3) is 0.423. The summed E-state index contributed by atoms with van der Waals surface area (Å²) in [4.78, 5) is 61.5. The number of nitrogens with one attached hydrogen (secondary N) is 1. The van der Waals surface area contributed by atoms with Crippen molar-refractivity contribution in [3.05, 3.63) is 79.9 Å². The van der Waals surface area contributed by atoms with Gasteiger partial charge in [-0.25, -0.2) is 9.59 Å². The number of amides is 3. The van der Waals surface area contributed by atoms with E-state index in [1.165, 1.54) is 48.5 Å². The summed E-state index contributed by atoms with van der Waals surface area (Å²) in [5.74, 6) is -0.122. The minimum Gasteiger partial charge on any atom is -0.445 e. The molecule has 0 saturated carbocycles. The van der Waals surface area contributed by atoms with E-state index in [0.717, 1.165) is 6.42 Å². The Morgan fingerprint density at radius 1 is 0.850 bits per heavy atom. The summed E-state index contributed by atoms with van der Waals surface area (Å²) in [6.07, 6.45) is 0.937. The summed E-state index contributed by atoms with van der Waals surface area (Å²) < 4.78 is 10.6. The number of carbonyl (C=O) groups excluding carboxylic acids is 3. The van der Waals surface area contributed by atoms with Gasteiger partial charge in [0.1, 0.15) is 13.2 Å². The first-order valence-electron chi connectivity index (χ1n) is 12.8. The van der Waals surface area contributed by atoms with Crippen molar-refractivity contribution in [2.75, 3.05) is 19.6 Å². The van der Waals surface area contributed by atoms with Crippen molar-refractivity contribution in [1.29, 1.82) is 0 Å². The zero-order valence-corrected chi connectivity index (χ0v) is 21.6. The van der Waals surface area contributed by atoms with Gasteiger partial charge >= 0.3 is 12.2 Å². The molecule has 0 spiro atoms. The van der Waals surface area contributed by atoms with E-state index in [2.05, 4.69) is 5.32 Å². The van der Waals surface area contributed by atoms with Gasteiger partial charge in [0, 0.05) is 56.4 Å². The summed E-state index contributed by atoms with van der Waals surface area (Å²) in [5, 5.41) is 24.3. The van der Waals surface area contributed by atoms with Gasteiger partial charge in [-0.1, -0.05) is 0 Å². The third-order valence-electron chi connectivity index (χ3n) is 6.91. The van der Waals surface area contributed by atoms with Gasteiger partial charge in [0.15, 0.2) is 0 Å². The molecule has 3 amide bonds. The first-order valence-corrected chi connectivity index (χ1v) is 12.8. The van der Waals surface area contributed by atoms with Crippen molar-refractivity contribution in [2.24, 2.45) is 0 Å². The molecule has 0 aliphatic carbocycles. The van der Waals surface area contributed by atoms with E-state index in [1.807, 2.05) is 0 Å². The number of rotatable bonds is 9. The van der Waals surface area contributed by atoms with Crippen LogP contribution in [-0.4, -0.2) is 69.5 Å². The molecule has 2 saturated heterocycles. The Morgan fingerprint density at radius 3 is 2.00 bits per heavy atom. The normalized spacial score (nSPS) is 18.3. The molecule has 2 fully saturated rings. The average Bonchev–Trinajstić information content (AvgIpc) is 3.61. The fourth-order valence-corrected chi connectivity index (χ4v) is 4.74. The fourth-order valence-electron chi connectivity index (χ4n) is 4.74. The predicted octanol–water partition coefficient (Wildman–Crippen LogP) is 3.52. The number of alkyl carbamates (subject to hydrolysis) is 1. The summed E-state index contributed by atoms with van der Waals surface area (Å²) in [7, 11) is 0. The molecule has 2 aromatic carbocycles. The van der Waals surface area contributed by atoms with Gasteiger partial charge in [0.05, 0.1) is 15.9 Å². The minimum atomic E-state index is -0.643. The second kappa shape index (κ2) is 12.9. The number of ether oxygens (including phenoxy) is 2. The lowest BCUT2D eigenvalue weighted by molar-refractivity contribution is -0.385. The highest BCUT2D eigenvalue weighted by Gasteiger charge is 2.35. The molecule has 40 heavy (non-hydrogen) atoms. The van der Waals surface area contributed by atoms with Crippen LogP contribution in [0.15, 0.2) is 48.5 Å². The van der Waals surface area contributed by atoms with Crippen LogP contribution in [0, 0.1) is 20.2 Å². The third kappa shape index (κ3) is 7.42. The van der Waals surface area contributed by atoms with E-state index in [4.69, 9.17) is 9.47 Å². The van der Waals surface area contributed by atoms with Crippen LogP contribution in [0.3, 0.4) is 0 Å². The van der Waals surface area contributed by atoms with Gasteiger partial charge < -0.3 is 24.6 Å². The molecule has 2 aromatic rings. The van der Waals surface area contributed by atoms with Crippen molar-refractivity contribution < 1.29 is 33.7 Å². The van der Waals surface area contributed by atoms with E-state index in [1.54, 1.807) is 9.80 Å². The number of non-ortho nitro benzene ring substituents is 2. The van der Waals surface area contributed by atoms with Crippen molar-refractivity contribution in [2.45, 2.75) is 51.0 Å². The lowest BCUT2D eigenvalue weighted by atomic mass is 10.1. The molecule has 2 atom stereocenters. The topological polar surface area (TPSA) is 174 Å². The lowest BCUT2D eigenvalue weighted by Gasteiger charge is -2.26. The van der Waals surface area contributed by atoms with Gasteiger partial charge in [-0.05, 0) is 54.7 Å². The molecule has 4 rings (SSSR count). The number of hydrogen-bond acceptors (Lipinski definition) is 9. The summed E-state index contributed by atoms with van der Waals surface area (Å²) >= 11 is 0. The van der Waals surface area contributed by atoms with Crippen LogP contribution < -0.4 is 5.32 Å². The Balaban J connectivity index is 1.19. The lowest BCUT2D eigenvalue weighted by Crippen LogP contribution is -2.42. The number of nitro benzene ring substituents is 2. The monoisotopic (exact) mass is 555 g/mol. The van der Waals surface area contributed by atoms with Crippen molar-refractivity contribution in [3.8, 4) is 0 Å². The first-order chi connectivity index (χ1) is 19.2. The Kier molecular flexibility index (Phi) is 9.09. The molecular weight excluding hydrogens is 526 g/mol. The zero-order chi connectivity index (χ0) is 28.6. The quantitative estimate of drug-likeness (QED) is 0.358. The van der Waals surface area contributed by atoms with Gasteiger partial charge in [0.2, 0.25) is 5.91 Å². The maximum absolute atomic E-state index is 13.0. The molecule has 2 aliphatic rings. The molecular formula is C26H29N5O9. The highest BCUT2D eigenvalue weighted by Crippen LogP contribution is 2.24. The Hall–Kier alpha value is -4.75. The van der Waals surface area contributed by atoms with Crippen LogP contribution in [0.25, 0.3) is 0 Å².